The molecule has 0 bridgehead atoms. The van der Waals surface area contributed by atoms with Gasteiger partial charge in [0.15, 0.2) is 0 Å². The molecule has 2 radical (unpaired) electrons. The van der Waals surface area contributed by atoms with Gasteiger partial charge >= 0.3 is 0 Å². The van der Waals surface area contributed by atoms with E-state index in [9.17, 15) is 8.42 Å². The van der Waals surface area contributed by atoms with Crippen molar-refractivity contribution in [3.05, 3.63) is 0 Å². The van der Waals surface area contributed by atoms with E-state index in [1.807, 2.05) is 20.4 Å². The van der Waals surface area contributed by atoms with Gasteiger partial charge in [0.25, 0.3) is 10.1 Å². The highest BCUT2D eigenvalue weighted by Gasteiger charge is 2.23. The third-order valence-electron chi connectivity index (χ3n) is 1.23. The van der Waals surface area contributed by atoms with Crippen molar-refractivity contribution in [2.24, 2.45) is 5.41 Å². The molecule has 0 spiro atoms. The molecule has 0 aromatic carbocycles. The van der Waals surface area contributed by atoms with Crippen LogP contribution in [0.3, 0.4) is 0 Å². The Balaban J connectivity index is 4.13. The highest BCUT2D eigenvalue weighted by atomic mass is 32.2. The van der Waals surface area contributed by atoms with Gasteiger partial charge in [0.2, 0.25) is 0 Å². The summed E-state index contributed by atoms with van der Waals surface area (Å²) < 4.78 is 29.5. The molecule has 66 valence electrons. The third-order valence-corrected chi connectivity index (χ3v) is 3.69. The second-order valence-electron chi connectivity index (χ2n) is 3.42. The standard InChI is InChI=1S/C6H14O3SSi/c1-6(2,5-11-3)4-10(7,8)9/h4-5H2,1-3H3,(H,7,8,9). The van der Waals surface area contributed by atoms with E-state index in [1.165, 1.54) is 0 Å². The Morgan fingerprint density at radius 1 is 1.45 bits per heavy atom. The molecule has 0 saturated carbocycles. The number of hydrogen-bond donors (Lipinski definition) is 1. The number of hydrogen-bond acceptors (Lipinski definition) is 2. The van der Waals surface area contributed by atoms with Crippen molar-refractivity contribution in [1.29, 1.82) is 0 Å². The van der Waals surface area contributed by atoms with Crippen molar-refractivity contribution < 1.29 is 13.0 Å². The van der Waals surface area contributed by atoms with Gasteiger partial charge in [0.05, 0.1) is 5.75 Å². The molecule has 0 aromatic rings. The first kappa shape index (κ1) is 11.1. The summed E-state index contributed by atoms with van der Waals surface area (Å²) in [5.74, 6) is -0.138. The van der Waals surface area contributed by atoms with Crippen LogP contribution in [0.25, 0.3) is 0 Å². The molecule has 0 aromatic heterocycles. The first-order valence-corrected chi connectivity index (χ1v) is 6.68. The zero-order chi connectivity index (χ0) is 9.12. The van der Waals surface area contributed by atoms with Crippen LogP contribution in [0.5, 0.6) is 0 Å². The molecule has 0 aliphatic rings. The lowest BCUT2D eigenvalue weighted by Gasteiger charge is -2.21. The fourth-order valence-electron chi connectivity index (χ4n) is 1.02. The molecule has 5 heteroatoms. The van der Waals surface area contributed by atoms with Crippen LogP contribution >= 0.6 is 0 Å². The van der Waals surface area contributed by atoms with Gasteiger partial charge in [-0.3, -0.25) is 4.55 Å². The van der Waals surface area contributed by atoms with Gasteiger partial charge in [-0.15, -0.1) is 0 Å². The zero-order valence-corrected chi connectivity index (χ0v) is 8.90. The first-order chi connectivity index (χ1) is 4.77. The maximum absolute atomic E-state index is 10.5. The minimum absolute atomic E-state index is 0.138. The van der Waals surface area contributed by atoms with Gasteiger partial charge in [-0.1, -0.05) is 26.4 Å². The Kier molecular flexibility index (Phi) is 3.73. The average Bonchev–Trinajstić information content (AvgIpc) is 1.55. The topological polar surface area (TPSA) is 54.4 Å². The maximum atomic E-state index is 10.5. The minimum Gasteiger partial charge on any atom is -0.286 e. The Hall–Kier alpha value is 0.127. The average molecular weight is 194 g/mol. The third kappa shape index (κ3) is 6.52. The van der Waals surface area contributed by atoms with Crippen molar-refractivity contribution in [3.63, 3.8) is 0 Å². The van der Waals surface area contributed by atoms with Crippen LogP contribution in [0.4, 0.5) is 0 Å². The van der Waals surface area contributed by atoms with Crippen LogP contribution in [0.1, 0.15) is 13.8 Å². The monoisotopic (exact) mass is 194 g/mol. The van der Waals surface area contributed by atoms with Crippen LogP contribution in [0.2, 0.25) is 12.6 Å². The fraction of sp³-hybridized carbons (Fsp3) is 1.00. The summed E-state index contributed by atoms with van der Waals surface area (Å²) in [5.41, 5.74) is -0.291. The first-order valence-electron chi connectivity index (χ1n) is 3.37. The summed E-state index contributed by atoms with van der Waals surface area (Å²) in [6.45, 7) is 5.71. The molecule has 1 N–H and O–H groups in total. The van der Waals surface area contributed by atoms with Crippen LogP contribution in [0, 0.1) is 5.41 Å². The summed E-state index contributed by atoms with van der Waals surface area (Å²) in [7, 11) is -3.08. The fourth-order valence-corrected chi connectivity index (χ4v) is 3.38. The highest BCUT2D eigenvalue weighted by Crippen LogP contribution is 2.22. The molecule has 0 rings (SSSR count). The number of rotatable bonds is 4. The van der Waals surface area contributed by atoms with Crippen molar-refractivity contribution in [3.8, 4) is 0 Å². The summed E-state index contributed by atoms with van der Waals surface area (Å²) in [6, 6.07) is 0.840. The molecule has 0 atom stereocenters. The van der Waals surface area contributed by atoms with Crippen molar-refractivity contribution in [2.75, 3.05) is 5.75 Å². The van der Waals surface area contributed by atoms with Gasteiger partial charge in [0, 0.05) is 9.52 Å². The summed E-state index contributed by atoms with van der Waals surface area (Å²) in [6.07, 6.45) is 0. The SMILES string of the molecule is C[Si]CC(C)(C)CS(=O)(=O)O. The molecule has 11 heavy (non-hydrogen) atoms. The lowest BCUT2D eigenvalue weighted by atomic mass is 10.00. The molecule has 3 nitrogen and oxygen atoms in total. The Morgan fingerprint density at radius 2 is 1.91 bits per heavy atom. The molecule has 0 heterocycles. The van der Waals surface area contributed by atoms with E-state index in [-0.39, 0.29) is 11.2 Å². The molecule has 0 aliphatic heterocycles. The Labute approximate surface area is 70.8 Å². The smallest absolute Gasteiger partial charge is 0.265 e. The van der Waals surface area contributed by atoms with Gasteiger partial charge in [-0.2, -0.15) is 8.42 Å². The lowest BCUT2D eigenvalue weighted by Crippen LogP contribution is -2.24. The quantitative estimate of drug-likeness (QED) is 0.538. The van der Waals surface area contributed by atoms with Gasteiger partial charge in [0.1, 0.15) is 0 Å². The van der Waals surface area contributed by atoms with E-state index in [4.69, 9.17) is 4.55 Å². The molecular formula is C6H14O3SSi. The van der Waals surface area contributed by atoms with E-state index in [0.717, 1.165) is 15.6 Å². The molecule has 0 unspecified atom stereocenters. The maximum Gasteiger partial charge on any atom is 0.265 e. The van der Waals surface area contributed by atoms with Crippen molar-refractivity contribution in [1.82, 2.24) is 0 Å². The van der Waals surface area contributed by atoms with Gasteiger partial charge < -0.3 is 0 Å². The van der Waals surface area contributed by atoms with Crippen LogP contribution in [0.15, 0.2) is 0 Å². The van der Waals surface area contributed by atoms with E-state index in [2.05, 4.69) is 0 Å². The lowest BCUT2D eigenvalue weighted by molar-refractivity contribution is 0.421. The van der Waals surface area contributed by atoms with E-state index >= 15 is 0 Å². The largest absolute Gasteiger partial charge is 0.286 e. The molecular weight excluding hydrogens is 180 g/mol. The Morgan fingerprint density at radius 3 is 2.18 bits per heavy atom. The molecule has 0 amide bonds. The summed E-state index contributed by atoms with van der Waals surface area (Å²) >= 11 is 0. The van der Waals surface area contributed by atoms with Crippen molar-refractivity contribution >= 4 is 19.6 Å². The van der Waals surface area contributed by atoms with Crippen LogP contribution in [-0.2, 0) is 10.1 Å². The molecule has 0 saturated heterocycles. The minimum atomic E-state index is -3.80. The summed E-state index contributed by atoms with van der Waals surface area (Å²) in [4.78, 5) is 0. The van der Waals surface area contributed by atoms with Crippen LogP contribution < -0.4 is 0 Å². The van der Waals surface area contributed by atoms with E-state index in [0.29, 0.717) is 0 Å². The van der Waals surface area contributed by atoms with Gasteiger partial charge in [-0.25, -0.2) is 0 Å². The molecule has 0 fully saturated rings. The van der Waals surface area contributed by atoms with E-state index < -0.39 is 10.1 Å². The van der Waals surface area contributed by atoms with Gasteiger partial charge in [-0.05, 0) is 5.41 Å². The summed E-state index contributed by atoms with van der Waals surface area (Å²) in [5, 5.41) is 0. The molecule has 0 aliphatic carbocycles. The Bertz CT molecular complexity index is 208. The highest BCUT2D eigenvalue weighted by molar-refractivity contribution is 7.85. The van der Waals surface area contributed by atoms with Crippen molar-refractivity contribution in [2.45, 2.75) is 26.4 Å². The predicted molar refractivity (Wildman–Crippen MR) is 46.6 cm³/mol. The predicted octanol–water partition coefficient (Wildman–Crippen LogP) is 1.07. The second-order valence-corrected chi connectivity index (χ2v) is 5.93. The van der Waals surface area contributed by atoms with Crippen LogP contribution in [-0.4, -0.2) is 28.2 Å². The normalized spacial score (nSPS) is 13.5. The zero-order valence-electron chi connectivity index (χ0n) is 7.09. The second kappa shape index (κ2) is 3.69. The van der Waals surface area contributed by atoms with E-state index in [1.54, 1.807) is 0 Å².